The van der Waals surface area contributed by atoms with E-state index in [-0.39, 0.29) is 12.0 Å². The molecule has 1 N–H and O–H groups in total. The third kappa shape index (κ3) is 4.60. The standard InChI is InChI=1S/C25H30N2O3/c1-17-2-6-21(7-3-17)30-24-9-5-20-14-18(4-8-22(20)23(24)15-26)16-27-12-10-19(11-13-27)25(28)29/h4-5,8-9,14,17,19,21H,2-3,6-7,10-13,16H2,1H3,(H,28,29). The van der Waals surface area contributed by atoms with Gasteiger partial charge in [0.25, 0.3) is 0 Å². The predicted octanol–water partition coefficient (Wildman–Crippen LogP) is 4.97. The molecule has 1 aliphatic carbocycles. The lowest BCUT2D eigenvalue weighted by Crippen LogP contribution is -2.35. The molecule has 1 heterocycles. The van der Waals surface area contributed by atoms with E-state index < -0.39 is 5.97 Å². The largest absolute Gasteiger partial charge is 0.489 e. The zero-order valence-electron chi connectivity index (χ0n) is 17.6. The van der Waals surface area contributed by atoms with Crippen molar-refractivity contribution in [2.75, 3.05) is 13.1 Å². The number of ether oxygens (including phenoxy) is 1. The second-order valence-electron chi connectivity index (χ2n) is 8.99. The lowest BCUT2D eigenvalue weighted by atomic mass is 9.89. The van der Waals surface area contributed by atoms with Gasteiger partial charge < -0.3 is 9.84 Å². The molecular weight excluding hydrogens is 376 g/mol. The molecule has 0 unspecified atom stereocenters. The summed E-state index contributed by atoms with van der Waals surface area (Å²) in [5, 5.41) is 21.0. The van der Waals surface area contributed by atoms with Crippen molar-refractivity contribution in [3.63, 3.8) is 0 Å². The lowest BCUT2D eigenvalue weighted by Gasteiger charge is -2.30. The minimum absolute atomic E-state index is 0.207. The second-order valence-corrected chi connectivity index (χ2v) is 8.99. The molecule has 0 atom stereocenters. The molecular formula is C25H30N2O3. The van der Waals surface area contributed by atoms with Gasteiger partial charge in [0.1, 0.15) is 17.4 Å². The Morgan fingerprint density at radius 3 is 2.53 bits per heavy atom. The van der Waals surface area contributed by atoms with Crippen molar-refractivity contribution >= 4 is 16.7 Å². The van der Waals surface area contributed by atoms with Gasteiger partial charge in [-0.1, -0.05) is 25.1 Å². The Kier molecular flexibility index (Phi) is 6.24. The van der Waals surface area contributed by atoms with Crippen molar-refractivity contribution in [2.24, 2.45) is 11.8 Å². The van der Waals surface area contributed by atoms with Gasteiger partial charge in [0.2, 0.25) is 0 Å². The summed E-state index contributed by atoms with van der Waals surface area (Å²) in [6.07, 6.45) is 6.12. The molecule has 1 saturated carbocycles. The minimum atomic E-state index is -0.676. The summed E-state index contributed by atoms with van der Waals surface area (Å²) in [5.41, 5.74) is 1.81. The average molecular weight is 407 g/mol. The molecule has 158 valence electrons. The molecule has 0 spiro atoms. The summed E-state index contributed by atoms with van der Waals surface area (Å²) < 4.78 is 6.24. The number of rotatable bonds is 5. The van der Waals surface area contributed by atoms with Crippen LogP contribution in [0, 0.1) is 23.2 Å². The van der Waals surface area contributed by atoms with E-state index in [1.54, 1.807) is 0 Å². The van der Waals surface area contributed by atoms with Crippen molar-refractivity contribution in [3.05, 3.63) is 41.5 Å². The highest BCUT2D eigenvalue weighted by Crippen LogP contribution is 2.33. The van der Waals surface area contributed by atoms with Crippen LogP contribution in [-0.4, -0.2) is 35.2 Å². The predicted molar refractivity (Wildman–Crippen MR) is 116 cm³/mol. The van der Waals surface area contributed by atoms with Gasteiger partial charge >= 0.3 is 5.97 Å². The second kappa shape index (κ2) is 9.06. The number of aliphatic carboxylic acids is 1. The molecule has 1 saturated heterocycles. The normalized spacial score (nSPS) is 23.2. The van der Waals surface area contributed by atoms with Crippen molar-refractivity contribution in [1.82, 2.24) is 4.90 Å². The molecule has 1 aliphatic heterocycles. The molecule has 0 radical (unpaired) electrons. The van der Waals surface area contributed by atoms with Crippen LogP contribution in [0.25, 0.3) is 10.8 Å². The molecule has 5 nitrogen and oxygen atoms in total. The Hall–Kier alpha value is -2.58. The van der Waals surface area contributed by atoms with E-state index in [0.29, 0.717) is 24.2 Å². The highest BCUT2D eigenvalue weighted by molar-refractivity contribution is 5.90. The van der Waals surface area contributed by atoms with Crippen LogP contribution in [0.1, 0.15) is 56.6 Å². The first-order valence-corrected chi connectivity index (χ1v) is 11.1. The molecule has 5 heteroatoms. The molecule has 30 heavy (non-hydrogen) atoms. The Morgan fingerprint density at radius 2 is 1.87 bits per heavy atom. The number of fused-ring (bicyclic) bond motifs is 1. The maximum absolute atomic E-state index is 11.1. The maximum atomic E-state index is 11.1. The van der Waals surface area contributed by atoms with Crippen LogP contribution >= 0.6 is 0 Å². The number of likely N-dealkylation sites (tertiary alicyclic amines) is 1. The summed E-state index contributed by atoms with van der Waals surface area (Å²) in [7, 11) is 0. The quantitative estimate of drug-likeness (QED) is 0.759. The van der Waals surface area contributed by atoms with Crippen molar-refractivity contribution in [2.45, 2.75) is 58.1 Å². The van der Waals surface area contributed by atoms with E-state index in [2.05, 4.69) is 36.1 Å². The number of nitrogens with zero attached hydrogens (tertiary/aromatic N) is 2. The first-order valence-electron chi connectivity index (χ1n) is 11.1. The van der Waals surface area contributed by atoms with Gasteiger partial charge in [0, 0.05) is 11.9 Å². The number of hydrogen-bond donors (Lipinski definition) is 1. The van der Waals surface area contributed by atoms with E-state index in [0.717, 1.165) is 49.2 Å². The number of carboxylic acids is 1. The molecule has 0 bridgehead atoms. The van der Waals surface area contributed by atoms with E-state index in [1.165, 1.54) is 18.4 Å². The fraction of sp³-hybridized carbons (Fsp3) is 0.520. The molecule has 2 aliphatic rings. The van der Waals surface area contributed by atoms with Crippen molar-refractivity contribution in [3.8, 4) is 11.8 Å². The topological polar surface area (TPSA) is 73.6 Å². The summed E-state index contributed by atoms with van der Waals surface area (Å²) in [6.45, 7) is 4.72. The van der Waals surface area contributed by atoms with Gasteiger partial charge in [0.15, 0.2) is 0 Å². The number of benzene rings is 2. The van der Waals surface area contributed by atoms with Gasteiger partial charge in [-0.2, -0.15) is 5.26 Å². The lowest BCUT2D eigenvalue weighted by molar-refractivity contribution is -0.143. The van der Waals surface area contributed by atoms with Gasteiger partial charge in [-0.3, -0.25) is 9.69 Å². The average Bonchev–Trinajstić information content (AvgIpc) is 2.75. The Balaban J connectivity index is 1.47. The molecule has 0 amide bonds. The number of nitriles is 1. The highest BCUT2D eigenvalue weighted by atomic mass is 16.5. The molecule has 2 aromatic rings. The van der Waals surface area contributed by atoms with Gasteiger partial charge in [0.05, 0.1) is 12.0 Å². The van der Waals surface area contributed by atoms with Crippen LogP contribution < -0.4 is 4.74 Å². The van der Waals surface area contributed by atoms with Crippen LogP contribution in [0.2, 0.25) is 0 Å². The first-order chi connectivity index (χ1) is 14.5. The number of hydrogen-bond acceptors (Lipinski definition) is 4. The number of piperidine rings is 1. The smallest absolute Gasteiger partial charge is 0.306 e. The van der Waals surface area contributed by atoms with E-state index in [4.69, 9.17) is 9.84 Å². The van der Waals surface area contributed by atoms with E-state index in [9.17, 15) is 10.1 Å². The molecule has 2 aromatic carbocycles. The van der Waals surface area contributed by atoms with E-state index in [1.807, 2.05) is 12.1 Å². The van der Waals surface area contributed by atoms with Crippen LogP contribution in [0.5, 0.6) is 5.75 Å². The van der Waals surface area contributed by atoms with Gasteiger partial charge in [-0.15, -0.1) is 0 Å². The van der Waals surface area contributed by atoms with Crippen LogP contribution in [0.4, 0.5) is 0 Å². The van der Waals surface area contributed by atoms with Crippen LogP contribution in [0.15, 0.2) is 30.3 Å². The number of carboxylic acid groups (broad SMARTS) is 1. The fourth-order valence-electron chi connectivity index (χ4n) is 4.79. The highest BCUT2D eigenvalue weighted by Gasteiger charge is 2.24. The van der Waals surface area contributed by atoms with Crippen LogP contribution in [0.3, 0.4) is 0 Å². The molecule has 4 rings (SSSR count). The first kappa shape index (κ1) is 20.7. The Bertz CT molecular complexity index is 949. The molecule has 2 fully saturated rings. The monoisotopic (exact) mass is 406 g/mol. The zero-order chi connectivity index (χ0) is 21.1. The summed E-state index contributed by atoms with van der Waals surface area (Å²) in [4.78, 5) is 13.5. The van der Waals surface area contributed by atoms with E-state index >= 15 is 0 Å². The number of carbonyl (C=O) groups is 1. The van der Waals surface area contributed by atoms with Crippen molar-refractivity contribution < 1.29 is 14.6 Å². The maximum Gasteiger partial charge on any atom is 0.306 e. The van der Waals surface area contributed by atoms with Gasteiger partial charge in [-0.25, -0.2) is 0 Å². The Morgan fingerprint density at radius 1 is 1.13 bits per heavy atom. The summed E-state index contributed by atoms with van der Waals surface area (Å²) in [6, 6.07) is 12.6. The van der Waals surface area contributed by atoms with Crippen LogP contribution in [-0.2, 0) is 11.3 Å². The zero-order valence-corrected chi connectivity index (χ0v) is 17.6. The van der Waals surface area contributed by atoms with Crippen molar-refractivity contribution in [1.29, 1.82) is 5.26 Å². The third-order valence-electron chi connectivity index (χ3n) is 6.76. The minimum Gasteiger partial charge on any atom is -0.489 e. The SMILES string of the molecule is CC1CCC(Oc2ccc3cc(CN4CCC(C(=O)O)CC4)ccc3c2C#N)CC1. The third-order valence-corrected chi connectivity index (χ3v) is 6.76. The fourth-order valence-corrected chi connectivity index (χ4v) is 4.79. The van der Waals surface area contributed by atoms with Gasteiger partial charge in [-0.05, 0) is 80.6 Å². The summed E-state index contributed by atoms with van der Waals surface area (Å²) in [5.74, 6) is 0.588. The molecule has 0 aromatic heterocycles. The Labute approximate surface area is 178 Å². The summed E-state index contributed by atoms with van der Waals surface area (Å²) >= 11 is 0.